The number of fused-ring (bicyclic) bond motifs is 1. The van der Waals surface area contributed by atoms with E-state index in [1.165, 1.54) is 17.2 Å². The van der Waals surface area contributed by atoms with Crippen LogP contribution in [0.3, 0.4) is 0 Å². The number of amides is 2. The first-order chi connectivity index (χ1) is 21.1. The van der Waals surface area contributed by atoms with Crippen molar-refractivity contribution in [2.45, 2.75) is 37.6 Å². The molecule has 2 fully saturated rings. The lowest BCUT2D eigenvalue weighted by molar-refractivity contribution is -0.137. The fourth-order valence-electron chi connectivity index (χ4n) is 6.01. The van der Waals surface area contributed by atoms with Gasteiger partial charge in [-0.2, -0.15) is 0 Å². The van der Waals surface area contributed by atoms with E-state index in [-0.39, 0.29) is 48.3 Å². The van der Waals surface area contributed by atoms with Gasteiger partial charge in [0.1, 0.15) is 12.5 Å². The van der Waals surface area contributed by atoms with Crippen molar-refractivity contribution in [3.63, 3.8) is 0 Å². The standard InChI is InChI=1S/C32H34Cl2FN5O4/c1-31(43,18-39-12-10-36-11-13-39)22-14-26-28(27(35)15-22)32(21-4-6-23(33)7-5-21,44-19-38-29(41)20-2-3-20)40(30(26)42)17-25-9-8-24(34)16-37-25/h4-9,14-16,20,36,43H,2-3,10-13,17-19H2,1H3,(H,38,41)/t31?,32-/m1/s1. The molecule has 3 heterocycles. The average molecular weight is 643 g/mol. The maximum atomic E-state index is 16.6. The van der Waals surface area contributed by atoms with Gasteiger partial charge in [-0.25, -0.2) is 4.39 Å². The first-order valence-electron chi connectivity index (χ1n) is 14.7. The van der Waals surface area contributed by atoms with Crippen LogP contribution in [0.15, 0.2) is 54.7 Å². The van der Waals surface area contributed by atoms with E-state index in [4.69, 9.17) is 27.9 Å². The number of ether oxygens (including phenoxy) is 1. The summed E-state index contributed by atoms with van der Waals surface area (Å²) in [6.07, 6.45) is 3.07. The van der Waals surface area contributed by atoms with Crippen LogP contribution in [0.2, 0.25) is 10.0 Å². The molecule has 1 aliphatic carbocycles. The monoisotopic (exact) mass is 641 g/mol. The molecular weight excluding hydrogens is 608 g/mol. The number of carbonyl (C=O) groups excluding carboxylic acids is 2. The van der Waals surface area contributed by atoms with Gasteiger partial charge in [0.15, 0.2) is 0 Å². The molecular formula is C32H34Cl2FN5O4. The van der Waals surface area contributed by atoms with Crippen molar-refractivity contribution in [1.29, 1.82) is 0 Å². The summed E-state index contributed by atoms with van der Waals surface area (Å²) in [7, 11) is 0. The van der Waals surface area contributed by atoms with Crippen LogP contribution >= 0.6 is 23.2 Å². The third kappa shape index (κ3) is 6.07. The first-order valence-corrected chi connectivity index (χ1v) is 15.4. The van der Waals surface area contributed by atoms with E-state index in [0.29, 0.717) is 21.3 Å². The first kappa shape index (κ1) is 30.9. The molecule has 12 heteroatoms. The highest BCUT2D eigenvalue weighted by Crippen LogP contribution is 2.48. The predicted molar refractivity (Wildman–Crippen MR) is 163 cm³/mol. The number of aliphatic hydroxyl groups is 1. The minimum absolute atomic E-state index is 0.0128. The third-order valence-corrected chi connectivity index (χ3v) is 8.94. The van der Waals surface area contributed by atoms with Gasteiger partial charge >= 0.3 is 0 Å². The average Bonchev–Trinajstić information content (AvgIpc) is 3.83. The normalized spacial score (nSPS) is 21.7. The van der Waals surface area contributed by atoms with Gasteiger partial charge in [-0.05, 0) is 61.7 Å². The molecule has 3 N–H and O–H groups in total. The molecule has 2 aliphatic heterocycles. The number of nitrogens with one attached hydrogen (secondary N) is 2. The van der Waals surface area contributed by atoms with Gasteiger partial charge in [-0.1, -0.05) is 35.3 Å². The number of hydrogen-bond acceptors (Lipinski definition) is 7. The van der Waals surface area contributed by atoms with Crippen LogP contribution in [0.25, 0.3) is 0 Å². The lowest BCUT2D eigenvalue weighted by Crippen LogP contribution is -2.49. The number of hydrogen-bond donors (Lipinski definition) is 3. The summed E-state index contributed by atoms with van der Waals surface area (Å²) in [5.74, 6) is -1.47. The number of halogens is 3. The van der Waals surface area contributed by atoms with E-state index in [2.05, 4.69) is 20.5 Å². The number of carbonyl (C=O) groups is 2. The Morgan fingerprint density at radius 3 is 2.52 bits per heavy atom. The van der Waals surface area contributed by atoms with Gasteiger partial charge in [-0.15, -0.1) is 0 Å². The zero-order valence-corrected chi connectivity index (χ0v) is 25.8. The Kier molecular flexibility index (Phi) is 8.67. The van der Waals surface area contributed by atoms with E-state index in [1.54, 1.807) is 49.4 Å². The van der Waals surface area contributed by atoms with Crippen LogP contribution < -0.4 is 10.6 Å². The Morgan fingerprint density at radius 2 is 1.86 bits per heavy atom. The molecule has 232 valence electrons. The van der Waals surface area contributed by atoms with Crippen molar-refractivity contribution >= 4 is 35.0 Å². The van der Waals surface area contributed by atoms with Crippen LogP contribution in [0.4, 0.5) is 4.39 Å². The van der Waals surface area contributed by atoms with Crippen molar-refractivity contribution in [1.82, 2.24) is 25.4 Å². The number of pyridine rings is 1. The number of aromatic nitrogens is 1. The predicted octanol–water partition coefficient (Wildman–Crippen LogP) is 4.00. The van der Waals surface area contributed by atoms with Gasteiger partial charge in [0.25, 0.3) is 5.91 Å². The summed E-state index contributed by atoms with van der Waals surface area (Å²) < 4.78 is 23.1. The second-order valence-electron chi connectivity index (χ2n) is 11.8. The summed E-state index contributed by atoms with van der Waals surface area (Å²) in [4.78, 5) is 34.8. The van der Waals surface area contributed by atoms with Crippen molar-refractivity contribution in [2.24, 2.45) is 5.92 Å². The second-order valence-corrected chi connectivity index (χ2v) is 12.7. The van der Waals surface area contributed by atoms with Crippen LogP contribution in [-0.2, 0) is 27.4 Å². The van der Waals surface area contributed by atoms with E-state index in [9.17, 15) is 14.7 Å². The minimum atomic E-state index is -1.79. The summed E-state index contributed by atoms with van der Waals surface area (Å²) >= 11 is 12.3. The Morgan fingerprint density at radius 1 is 1.16 bits per heavy atom. The van der Waals surface area contributed by atoms with Crippen LogP contribution in [0.5, 0.6) is 0 Å². The van der Waals surface area contributed by atoms with Crippen molar-refractivity contribution in [3.8, 4) is 0 Å². The van der Waals surface area contributed by atoms with E-state index in [0.717, 1.165) is 39.0 Å². The van der Waals surface area contributed by atoms with Crippen molar-refractivity contribution in [3.05, 3.63) is 98.5 Å². The zero-order valence-electron chi connectivity index (χ0n) is 24.3. The molecule has 3 aromatic rings. The maximum Gasteiger partial charge on any atom is 0.257 e. The van der Waals surface area contributed by atoms with Gasteiger partial charge in [0.2, 0.25) is 11.6 Å². The topological polar surface area (TPSA) is 107 Å². The highest BCUT2D eigenvalue weighted by molar-refractivity contribution is 6.30. The van der Waals surface area contributed by atoms with E-state index >= 15 is 4.39 Å². The molecule has 44 heavy (non-hydrogen) atoms. The molecule has 2 atom stereocenters. The molecule has 3 aliphatic rings. The van der Waals surface area contributed by atoms with Gasteiger partial charge in [0, 0.05) is 55.4 Å². The van der Waals surface area contributed by atoms with Crippen molar-refractivity contribution in [2.75, 3.05) is 39.5 Å². The molecule has 0 bridgehead atoms. The van der Waals surface area contributed by atoms with Gasteiger partial charge < -0.3 is 20.5 Å². The van der Waals surface area contributed by atoms with Crippen LogP contribution in [-0.4, -0.2) is 71.2 Å². The highest BCUT2D eigenvalue weighted by atomic mass is 35.5. The quantitative estimate of drug-likeness (QED) is 0.287. The molecule has 0 radical (unpaired) electrons. The smallest absolute Gasteiger partial charge is 0.257 e. The lowest BCUT2D eigenvalue weighted by Gasteiger charge is -2.39. The Bertz CT molecular complexity index is 1550. The van der Waals surface area contributed by atoms with Gasteiger partial charge in [-0.3, -0.25) is 24.4 Å². The summed E-state index contributed by atoms with van der Waals surface area (Å²) in [6, 6.07) is 12.8. The molecule has 9 nitrogen and oxygen atoms in total. The third-order valence-electron chi connectivity index (χ3n) is 8.47. The fourth-order valence-corrected chi connectivity index (χ4v) is 6.24. The number of nitrogens with zero attached hydrogens (tertiary/aromatic N) is 3. The lowest BCUT2D eigenvalue weighted by atomic mass is 9.87. The van der Waals surface area contributed by atoms with Crippen molar-refractivity contribution < 1.29 is 23.8 Å². The molecule has 2 aromatic carbocycles. The molecule has 0 spiro atoms. The largest absolute Gasteiger partial charge is 0.384 e. The zero-order chi connectivity index (χ0) is 31.1. The summed E-state index contributed by atoms with van der Waals surface area (Å²) in [5, 5.41) is 18.5. The fraction of sp³-hybridized carbons (Fsp3) is 0.406. The number of piperazine rings is 1. The molecule has 6 rings (SSSR count). The minimum Gasteiger partial charge on any atom is -0.384 e. The Hall–Kier alpha value is -3.12. The summed E-state index contributed by atoms with van der Waals surface area (Å²) in [5.41, 5.74) is -1.99. The van der Waals surface area contributed by atoms with E-state index in [1.807, 2.05) is 0 Å². The Balaban J connectivity index is 1.46. The molecule has 2 amide bonds. The SMILES string of the molecule is CC(O)(CN1CCNCC1)c1cc(F)c2c(c1)C(=O)N(Cc1ccc(Cl)cn1)[C@@]2(OCNC(=O)C1CC1)c1ccc(Cl)cc1. The highest BCUT2D eigenvalue weighted by Gasteiger charge is 2.55. The number of rotatable bonds is 10. The van der Waals surface area contributed by atoms with Crippen LogP contribution in [0.1, 0.15) is 52.5 Å². The van der Waals surface area contributed by atoms with Gasteiger partial charge in [0.05, 0.1) is 34.0 Å². The molecule has 1 saturated carbocycles. The molecule has 1 aromatic heterocycles. The number of benzene rings is 2. The number of β-amino-alcohol motifs (C(OH)–C–C–N with tert-alkyl or cyclic N) is 1. The van der Waals surface area contributed by atoms with Crippen LogP contribution in [0, 0.1) is 11.7 Å². The maximum absolute atomic E-state index is 16.6. The molecule has 1 saturated heterocycles. The second kappa shape index (κ2) is 12.3. The Labute approximate surface area is 265 Å². The summed E-state index contributed by atoms with van der Waals surface area (Å²) in [6.45, 7) is 4.62. The van der Waals surface area contributed by atoms with E-state index < -0.39 is 23.1 Å². The molecule has 1 unspecified atom stereocenters.